The van der Waals surface area contributed by atoms with Gasteiger partial charge < -0.3 is 19.6 Å². The molecule has 0 aliphatic carbocycles. The first-order valence-corrected chi connectivity index (χ1v) is 9.74. The van der Waals surface area contributed by atoms with Crippen molar-refractivity contribution in [1.82, 2.24) is 5.32 Å². The Kier molecular flexibility index (Phi) is 6.26. The first-order chi connectivity index (χ1) is 14.3. The van der Waals surface area contributed by atoms with E-state index >= 15 is 0 Å². The van der Waals surface area contributed by atoms with Crippen LogP contribution in [-0.4, -0.2) is 23.6 Å². The number of aryl methyl sites for hydroxylation is 2. The van der Waals surface area contributed by atoms with Gasteiger partial charge in [0.1, 0.15) is 11.3 Å². The highest BCUT2D eigenvalue weighted by molar-refractivity contribution is 5.98. The van der Waals surface area contributed by atoms with E-state index in [2.05, 4.69) is 5.32 Å². The van der Waals surface area contributed by atoms with Gasteiger partial charge in [0.2, 0.25) is 5.91 Å². The molecular formula is C24H25NO5. The quantitative estimate of drug-likeness (QED) is 0.546. The Morgan fingerprint density at radius 2 is 1.90 bits per heavy atom. The fourth-order valence-corrected chi connectivity index (χ4v) is 3.34. The van der Waals surface area contributed by atoms with Crippen LogP contribution in [0.4, 0.5) is 0 Å². The Morgan fingerprint density at radius 1 is 1.20 bits per heavy atom. The number of furan rings is 1. The molecule has 0 bridgehead atoms. The Hall–Kier alpha value is -3.54. The molecule has 30 heavy (non-hydrogen) atoms. The molecule has 6 heteroatoms. The Labute approximate surface area is 175 Å². The molecule has 0 saturated heterocycles. The monoisotopic (exact) mass is 407 g/mol. The maximum absolute atomic E-state index is 12.5. The van der Waals surface area contributed by atoms with Crippen LogP contribution in [0.15, 0.2) is 47.1 Å². The van der Waals surface area contributed by atoms with Crippen molar-refractivity contribution in [2.45, 2.75) is 34.2 Å². The van der Waals surface area contributed by atoms with E-state index in [4.69, 9.17) is 14.3 Å². The molecule has 0 spiro atoms. The van der Waals surface area contributed by atoms with E-state index in [1.807, 2.05) is 33.8 Å². The molecule has 0 saturated carbocycles. The number of fused-ring (bicyclic) bond motifs is 1. The van der Waals surface area contributed by atoms with Crippen molar-refractivity contribution in [2.24, 2.45) is 0 Å². The second-order valence-corrected chi connectivity index (χ2v) is 7.15. The normalized spacial score (nSPS) is 11.5. The topological polar surface area (TPSA) is 88.8 Å². The average molecular weight is 407 g/mol. The fraction of sp³-hybridized carbons (Fsp3) is 0.250. The van der Waals surface area contributed by atoms with Gasteiger partial charge in [0.05, 0.1) is 18.4 Å². The third kappa shape index (κ3) is 4.38. The number of carboxylic acids is 1. The predicted octanol–water partition coefficient (Wildman–Crippen LogP) is 4.87. The number of hydrogen-bond donors (Lipinski definition) is 2. The van der Waals surface area contributed by atoms with Crippen LogP contribution < -0.4 is 10.1 Å². The lowest BCUT2D eigenvalue weighted by Crippen LogP contribution is -2.20. The summed E-state index contributed by atoms with van der Waals surface area (Å²) in [5, 5.41) is 12.8. The van der Waals surface area contributed by atoms with Crippen molar-refractivity contribution in [3.63, 3.8) is 0 Å². The summed E-state index contributed by atoms with van der Waals surface area (Å²) in [6, 6.07) is 8.41. The van der Waals surface area contributed by atoms with E-state index in [9.17, 15) is 9.59 Å². The van der Waals surface area contributed by atoms with Gasteiger partial charge in [0, 0.05) is 29.1 Å². The van der Waals surface area contributed by atoms with Gasteiger partial charge in [-0.25, -0.2) is 4.79 Å². The van der Waals surface area contributed by atoms with Gasteiger partial charge in [-0.1, -0.05) is 12.1 Å². The van der Waals surface area contributed by atoms with Crippen molar-refractivity contribution in [1.29, 1.82) is 0 Å². The highest BCUT2D eigenvalue weighted by Gasteiger charge is 2.17. The standard InChI is InChI=1S/C24H25NO5/c1-5-29-22-16(4)23-20(15(3)13-30-23)11-19(22)14(2)10-21(26)25-12-17-6-8-18(9-7-17)24(27)28/h6-11,13H,5,12H2,1-4H3,(H,25,26)(H,27,28)/b14-10+. The Morgan fingerprint density at radius 3 is 2.53 bits per heavy atom. The summed E-state index contributed by atoms with van der Waals surface area (Å²) >= 11 is 0. The summed E-state index contributed by atoms with van der Waals surface area (Å²) in [4.78, 5) is 23.4. The number of hydrogen-bond acceptors (Lipinski definition) is 4. The van der Waals surface area contributed by atoms with Crippen LogP contribution in [0.3, 0.4) is 0 Å². The lowest BCUT2D eigenvalue weighted by Gasteiger charge is -2.14. The second-order valence-electron chi connectivity index (χ2n) is 7.15. The molecule has 0 radical (unpaired) electrons. The molecule has 1 heterocycles. The van der Waals surface area contributed by atoms with Crippen molar-refractivity contribution in [3.05, 3.63) is 70.5 Å². The number of carbonyl (C=O) groups is 2. The largest absolute Gasteiger partial charge is 0.493 e. The van der Waals surface area contributed by atoms with Crippen molar-refractivity contribution in [2.75, 3.05) is 6.61 Å². The number of rotatable bonds is 7. The van der Waals surface area contributed by atoms with Crippen LogP contribution in [0.5, 0.6) is 5.75 Å². The van der Waals surface area contributed by atoms with E-state index in [-0.39, 0.29) is 11.5 Å². The lowest BCUT2D eigenvalue weighted by molar-refractivity contribution is -0.116. The molecule has 1 aromatic heterocycles. The minimum absolute atomic E-state index is 0.213. The number of aromatic carboxylic acids is 1. The number of nitrogens with one attached hydrogen (secondary N) is 1. The average Bonchev–Trinajstić information content (AvgIpc) is 3.09. The summed E-state index contributed by atoms with van der Waals surface area (Å²) in [6.45, 7) is 8.54. The predicted molar refractivity (Wildman–Crippen MR) is 116 cm³/mol. The maximum Gasteiger partial charge on any atom is 0.335 e. The van der Waals surface area contributed by atoms with Crippen LogP contribution in [0.1, 0.15) is 46.5 Å². The van der Waals surface area contributed by atoms with E-state index < -0.39 is 5.97 Å². The summed E-state index contributed by atoms with van der Waals surface area (Å²) in [6.07, 6.45) is 3.27. The van der Waals surface area contributed by atoms with Crippen LogP contribution >= 0.6 is 0 Å². The molecule has 2 aromatic carbocycles. The highest BCUT2D eigenvalue weighted by atomic mass is 16.5. The number of amides is 1. The van der Waals surface area contributed by atoms with Gasteiger partial charge >= 0.3 is 5.97 Å². The number of carboxylic acid groups (broad SMARTS) is 1. The summed E-state index contributed by atoms with van der Waals surface area (Å²) < 4.78 is 11.5. The number of allylic oxidation sites excluding steroid dienone is 1. The van der Waals surface area contributed by atoms with Gasteiger partial charge in [0.25, 0.3) is 0 Å². The number of ether oxygens (including phenoxy) is 1. The van der Waals surface area contributed by atoms with Gasteiger partial charge in [-0.15, -0.1) is 0 Å². The van der Waals surface area contributed by atoms with Gasteiger partial charge in [-0.2, -0.15) is 0 Å². The molecule has 2 N–H and O–H groups in total. The second kappa shape index (κ2) is 8.86. The Balaban J connectivity index is 1.82. The summed E-state index contributed by atoms with van der Waals surface area (Å²) in [7, 11) is 0. The molecule has 3 rings (SSSR count). The molecule has 156 valence electrons. The zero-order valence-corrected chi connectivity index (χ0v) is 17.5. The summed E-state index contributed by atoms with van der Waals surface area (Å²) in [5.74, 6) is -0.501. The highest BCUT2D eigenvalue weighted by Crippen LogP contribution is 2.37. The van der Waals surface area contributed by atoms with Crippen molar-refractivity contribution < 1.29 is 23.8 Å². The molecule has 3 aromatic rings. The first kappa shape index (κ1) is 21.2. The molecule has 0 aliphatic heterocycles. The van der Waals surface area contributed by atoms with Gasteiger partial charge in [-0.3, -0.25) is 4.79 Å². The smallest absolute Gasteiger partial charge is 0.335 e. The fourth-order valence-electron chi connectivity index (χ4n) is 3.34. The third-order valence-corrected chi connectivity index (χ3v) is 4.97. The van der Waals surface area contributed by atoms with Crippen LogP contribution in [0.2, 0.25) is 0 Å². The van der Waals surface area contributed by atoms with E-state index in [0.717, 1.165) is 38.8 Å². The van der Waals surface area contributed by atoms with Gasteiger partial charge in [0.15, 0.2) is 0 Å². The van der Waals surface area contributed by atoms with Gasteiger partial charge in [-0.05, 0) is 62.6 Å². The molecule has 0 fully saturated rings. The van der Waals surface area contributed by atoms with E-state index in [1.54, 1.807) is 24.5 Å². The minimum Gasteiger partial charge on any atom is -0.493 e. The molecule has 0 aliphatic rings. The van der Waals surface area contributed by atoms with E-state index in [1.165, 1.54) is 12.1 Å². The zero-order valence-electron chi connectivity index (χ0n) is 17.5. The van der Waals surface area contributed by atoms with E-state index in [0.29, 0.717) is 18.9 Å². The van der Waals surface area contributed by atoms with Crippen molar-refractivity contribution in [3.8, 4) is 5.75 Å². The van der Waals surface area contributed by atoms with Crippen molar-refractivity contribution >= 4 is 28.4 Å². The maximum atomic E-state index is 12.5. The number of benzene rings is 2. The summed E-state index contributed by atoms with van der Waals surface area (Å²) in [5.41, 5.74) is 5.39. The van der Waals surface area contributed by atoms with Crippen LogP contribution in [0.25, 0.3) is 16.5 Å². The van der Waals surface area contributed by atoms with Crippen LogP contribution in [0, 0.1) is 13.8 Å². The Bertz CT molecular complexity index is 1120. The SMILES string of the molecule is CCOc1c(/C(C)=C/C(=O)NCc2ccc(C(=O)O)cc2)cc2c(C)coc2c1C. The molecule has 6 nitrogen and oxygen atoms in total. The molecular weight excluding hydrogens is 382 g/mol. The van der Waals surface area contributed by atoms with Crippen LogP contribution in [-0.2, 0) is 11.3 Å². The first-order valence-electron chi connectivity index (χ1n) is 9.74. The molecule has 1 amide bonds. The third-order valence-electron chi connectivity index (χ3n) is 4.97. The molecule has 0 atom stereocenters. The lowest BCUT2D eigenvalue weighted by atomic mass is 9.98. The molecule has 0 unspecified atom stereocenters. The number of carbonyl (C=O) groups excluding carboxylic acids is 1. The minimum atomic E-state index is -0.977. The zero-order chi connectivity index (χ0) is 21.8.